The van der Waals surface area contributed by atoms with Gasteiger partial charge in [0.1, 0.15) is 0 Å². The van der Waals surface area contributed by atoms with Gasteiger partial charge in [-0.2, -0.15) is 57.1 Å². The number of halogens is 14. The van der Waals surface area contributed by atoms with E-state index in [-0.39, 0.29) is 43.0 Å². The Labute approximate surface area is 181 Å². The summed E-state index contributed by atoms with van der Waals surface area (Å²) in [7, 11) is 0. The highest BCUT2D eigenvalue weighted by molar-refractivity contribution is 14.1. The Morgan fingerprint density at radius 2 is 1.10 bits per heavy atom. The van der Waals surface area contributed by atoms with Gasteiger partial charge in [-0.05, 0) is 12.8 Å². The van der Waals surface area contributed by atoms with Crippen LogP contribution in [-0.4, -0.2) is 64.6 Å². The third-order valence-electron chi connectivity index (χ3n) is 4.02. The Hall–Kier alpha value is -0.260. The number of ether oxygens (including phenoxy) is 1. The molecule has 2 nitrogen and oxygen atoms in total. The van der Waals surface area contributed by atoms with Crippen LogP contribution in [0.1, 0.15) is 32.1 Å². The summed E-state index contributed by atoms with van der Waals surface area (Å²) in [6.07, 6.45) is -10.6. The second kappa shape index (κ2) is 10.8. The van der Waals surface area contributed by atoms with Crippen molar-refractivity contribution in [3.05, 3.63) is 0 Å². The summed E-state index contributed by atoms with van der Waals surface area (Å²) in [5.74, 6) is -36.5. The minimum Gasteiger partial charge on any atom is -0.395 e. The average molecular weight is 604 g/mol. The van der Waals surface area contributed by atoms with Crippen LogP contribution in [0.3, 0.4) is 0 Å². The molecule has 1 unspecified atom stereocenters. The van der Waals surface area contributed by atoms with Crippen LogP contribution >= 0.6 is 22.6 Å². The van der Waals surface area contributed by atoms with Gasteiger partial charge in [0.05, 0.1) is 17.1 Å². The second-order valence-electron chi connectivity index (χ2n) is 6.52. The van der Waals surface area contributed by atoms with E-state index in [2.05, 4.69) is 0 Å². The lowest BCUT2D eigenvalue weighted by Gasteiger charge is -2.39. The fourth-order valence-electron chi connectivity index (χ4n) is 2.13. The van der Waals surface area contributed by atoms with Gasteiger partial charge >= 0.3 is 35.8 Å². The van der Waals surface area contributed by atoms with Crippen molar-refractivity contribution in [2.75, 3.05) is 19.8 Å². The molecule has 0 aliphatic heterocycles. The van der Waals surface area contributed by atoms with E-state index in [1.165, 1.54) is 0 Å². The second-order valence-corrected chi connectivity index (χ2v) is 8.28. The van der Waals surface area contributed by atoms with Gasteiger partial charge in [0, 0.05) is 13.0 Å². The molecule has 0 amide bonds. The Morgan fingerprint density at radius 1 is 0.645 bits per heavy atom. The van der Waals surface area contributed by atoms with Gasteiger partial charge in [-0.1, -0.05) is 35.4 Å². The number of hydrogen-bond donors (Lipinski definition) is 1. The summed E-state index contributed by atoms with van der Waals surface area (Å²) in [5, 5.41) is 8.72. The normalized spacial score (nSPS) is 16.0. The zero-order valence-electron chi connectivity index (χ0n) is 15.4. The number of unbranched alkanes of at least 4 members (excludes halogenated alkanes) is 3. The number of aliphatic hydroxyl groups is 1. The average Bonchev–Trinajstić information content (AvgIpc) is 2.61. The topological polar surface area (TPSA) is 29.5 Å². The van der Waals surface area contributed by atoms with Crippen LogP contribution in [-0.2, 0) is 4.74 Å². The fraction of sp³-hybridized carbons (Fsp3) is 1.00. The highest BCUT2D eigenvalue weighted by atomic mass is 127. The Morgan fingerprint density at radius 3 is 1.55 bits per heavy atom. The lowest BCUT2D eigenvalue weighted by molar-refractivity contribution is -0.440. The molecule has 188 valence electrons. The van der Waals surface area contributed by atoms with Crippen LogP contribution in [0.4, 0.5) is 57.1 Å². The van der Waals surface area contributed by atoms with E-state index < -0.39 is 48.6 Å². The molecular weight excluding hydrogens is 586 g/mol. The maximum absolute atomic E-state index is 13.5. The molecule has 0 aromatic rings. The summed E-state index contributed by atoms with van der Waals surface area (Å²) in [6.45, 7) is 0.0402. The summed E-state index contributed by atoms with van der Waals surface area (Å²) >= 11 is 1.86. The number of alkyl halides is 14. The first kappa shape index (κ1) is 30.7. The van der Waals surface area contributed by atoms with E-state index in [0.717, 1.165) is 0 Å². The Bertz CT molecular complexity index is 552. The molecule has 16 heteroatoms. The van der Waals surface area contributed by atoms with E-state index in [1.54, 1.807) is 0 Å². The van der Waals surface area contributed by atoms with Gasteiger partial charge in [0.2, 0.25) is 0 Å². The van der Waals surface area contributed by atoms with Crippen molar-refractivity contribution in [3.8, 4) is 0 Å². The maximum atomic E-state index is 13.5. The molecule has 1 N–H and O–H groups in total. The minimum atomic E-state index is -7.85. The number of aliphatic hydroxyl groups excluding tert-OH is 1. The SMILES string of the molecule is OCC(I)COCCCCCCC(F)(F)C(F)(F)C(F)(F)C(F)(F)C(F)(F)C(F)(F)F. The third-order valence-corrected chi connectivity index (χ3v) is 4.78. The van der Waals surface area contributed by atoms with E-state index in [0.29, 0.717) is 0 Å². The van der Waals surface area contributed by atoms with Crippen LogP contribution < -0.4 is 0 Å². The number of rotatable bonds is 14. The van der Waals surface area contributed by atoms with Gasteiger partial charge in [-0.25, -0.2) is 0 Å². The van der Waals surface area contributed by atoms with Crippen molar-refractivity contribution in [1.82, 2.24) is 0 Å². The number of hydrogen-bond acceptors (Lipinski definition) is 2. The summed E-state index contributed by atoms with van der Waals surface area (Å²) < 4.78 is 173. The summed E-state index contributed by atoms with van der Waals surface area (Å²) in [4.78, 5) is 0. The van der Waals surface area contributed by atoms with E-state index in [1.807, 2.05) is 22.6 Å². The molecule has 0 aliphatic rings. The minimum absolute atomic E-state index is 0.0470. The van der Waals surface area contributed by atoms with Crippen LogP contribution in [0.25, 0.3) is 0 Å². The monoisotopic (exact) mass is 604 g/mol. The standard InChI is InChI=1S/C15H18F13IO2/c16-10(17,5-3-1-2-4-6-31-8-9(29)7-30)11(18,19)12(20,21)13(22,23)14(24,25)15(26,27)28/h9,30H,1-8H2. The van der Waals surface area contributed by atoms with Gasteiger partial charge < -0.3 is 9.84 Å². The molecule has 0 radical (unpaired) electrons. The zero-order valence-corrected chi connectivity index (χ0v) is 17.5. The van der Waals surface area contributed by atoms with Gasteiger partial charge in [-0.15, -0.1) is 0 Å². The predicted octanol–water partition coefficient (Wildman–Crippen LogP) is 6.49. The zero-order chi connectivity index (χ0) is 24.9. The van der Waals surface area contributed by atoms with Crippen molar-refractivity contribution >= 4 is 22.6 Å². The molecule has 0 heterocycles. The molecule has 0 saturated heterocycles. The maximum Gasteiger partial charge on any atom is 0.460 e. The molecule has 0 saturated carbocycles. The largest absolute Gasteiger partial charge is 0.460 e. The van der Waals surface area contributed by atoms with E-state index in [9.17, 15) is 57.1 Å². The summed E-state index contributed by atoms with van der Waals surface area (Å²) in [6, 6.07) is 0. The molecular formula is C15H18F13IO2. The molecule has 0 fully saturated rings. The molecule has 0 bridgehead atoms. The molecule has 1 atom stereocenters. The molecule has 31 heavy (non-hydrogen) atoms. The molecule has 0 rings (SSSR count). The fourth-order valence-corrected chi connectivity index (χ4v) is 2.38. The third kappa shape index (κ3) is 6.63. The van der Waals surface area contributed by atoms with Crippen LogP contribution in [0.15, 0.2) is 0 Å². The van der Waals surface area contributed by atoms with Crippen LogP contribution in [0.5, 0.6) is 0 Å². The Balaban J connectivity index is 5.03. The van der Waals surface area contributed by atoms with Gasteiger partial charge in [-0.3, -0.25) is 0 Å². The first-order valence-electron chi connectivity index (χ1n) is 8.49. The van der Waals surface area contributed by atoms with Crippen molar-refractivity contribution < 1.29 is 66.9 Å². The highest BCUT2D eigenvalue weighted by Gasteiger charge is 2.90. The lowest BCUT2D eigenvalue weighted by atomic mass is 9.91. The molecule has 0 spiro atoms. The first-order valence-corrected chi connectivity index (χ1v) is 9.73. The predicted molar refractivity (Wildman–Crippen MR) is 89.6 cm³/mol. The Kier molecular flexibility index (Phi) is 10.7. The van der Waals surface area contributed by atoms with Crippen molar-refractivity contribution in [1.29, 1.82) is 0 Å². The highest BCUT2D eigenvalue weighted by Crippen LogP contribution is 2.60. The molecule has 0 aliphatic carbocycles. The quantitative estimate of drug-likeness (QED) is 0.106. The first-order chi connectivity index (χ1) is 13.7. The van der Waals surface area contributed by atoms with Crippen molar-refractivity contribution in [2.45, 2.75) is 71.8 Å². The van der Waals surface area contributed by atoms with E-state index in [4.69, 9.17) is 9.84 Å². The molecule has 0 aromatic heterocycles. The van der Waals surface area contributed by atoms with Crippen molar-refractivity contribution in [3.63, 3.8) is 0 Å². The molecule has 0 aromatic carbocycles. The van der Waals surface area contributed by atoms with Crippen LogP contribution in [0.2, 0.25) is 0 Å². The smallest absolute Gasteiger partial charge is 0.395 e. The lowest BCUT2D eigenvalue weighted by Crippen LogP contribution is -2.70. The van der Waals surface area contributed by atoms with E-state index >= 15 is 0 Å². The van der Waals surface area contributed by atoms with Gasteiger partial charge in [0.25, 0.3) is 0 Å². The summed E-state index contributed by atoms with van der Waals surface area (Å²) in [5.41, 5.74) is 0. The van der Waals surface area contributed by atoms with Crippen LogP contribution in [0, 0.1) is 0 Å². The van der Waals surface area contributed by atoms with Gasteiger partial charge in [0.15, 0.2) is 0 Å². The van der Waals surface area contributed by atoms with Crippen molar-refractivity contribution in [2.24, 2.45) is 0 Å².